The minimum absolute atomic E-state index is 0. The number of aliphatic hydroxyl groups is 1. The van der Waals surface area contributed by atoms with E-state index in [2.05, 4.69) is 0 Å². The lowest BCUT2D eigenvalue weighted by Gasteiger charge is -2.32. The first-order valence-corrected chi connectivity index (χ1v) is 9.43. The summed E-state index contributed by atoms with van der Waals surface area (Å²) >= 11 is 0. The average molecular weight is 417 g/mol. The van der Waals surface area contributed by atoms with Crippen molar-refractivity contribution >= 4 is 24.7 Å². The van der Waals surface area contributed by atoms with Gasteiger partial charge in [0.25, 0.3) is 0 Å². The summed E-state index contributed by atoms with van der Waals surface area (Å²) in [5.74, 6) is -4.27. The monoisotopic (exact) mass is 416 g/mol. The number of carbonyl (C=O) groups is 1. The summed E-state index contributed by atoms with van der Waals surface area (Å²) in [6.45, 7) is 1.69. The number of benzene rings is 1. The quantitative estimate of drug-likeness (QED) is 0.404. The number of esters is 1. The van der Waals surface area contributed by atoms with Crippen LogP contribution in [0, 0.1) is 17.2 Å². The highest BCUT2D eigenvalue weighted by atomic mass is 35.5. The van der Waals surface area contributed by atoms with E-state index in [4.69, 9.17) is 10.1 Å². The van der Waals surface area contributed by atoms with Gasteiger partial charge in [0.05, 0.1) is 12.9 Å². The van der Waals surface area contributed by atoms with Gasteiger partial charge in [0.15, 0.2) is 5.60 Å². The van der Waals surface area contributed by atoms with Gasteiger partial charge in [0.1, 0.15) is 0 Å². The molecule has 2 N–H and O–H groups in total. The molecule has 156 valence electrons. The predicted molar refractivity (Wildman–Crippen MR) is 104 cm³/mol. The van der Waals surface area contributed by atoms with Crippen LogP contribution in [0.3, 0.4) is 0 Å². The number of hydrogen-bond acceptors (Lipinski definition) is 4. The van der Waals surface area contributed by atoms with E-state index < -0.39 is 29.8 Å². The van der Waals surface area contributed by atoms with Gasteiger partial charge in [-0.25, -0.2) is 13.6 Å². The molecule has 0 amide bonds. The highest BCUT2D eigenvalue weighted by Crippen LogP contribution is 2.47. The second-order valence-corrected chi connectivity index (χ2v) is 7.63. The molecule has 0 spiro atoms. The smallest absolute Gasteiger partial charge is 0.343 e. The molecule has 28 heavy (non-hydrogen) atoms. The SMILES string of the molecule is Cl.N=CN1CC[C@@H](CCOC(=O)[C@](O)(c2ccccc2)[C@@H]2CCC(F)(F)C2)C1. The van der Waals surface area contributed by atoms with Crippen LogP contribution in [0.5, 0.6) is 0 Å². The molecule has 0 radical (unpaired) electrons. The van der Waals surface area contributed by atoms with Gasteiger partial charge in [-0.2, -0.15) is 0 Å². The van der Waals surface area contributed by atoms with Crippen molar-refractivity contribution in [3.05, 3.63) is 35.9 Å². The Morgan fingerprint density at radius 1 is 1.36 bits per heavy atom. The zero-order valence-electron chi connectivity index (χ0n) is 15.7. The van der Waals surface area contributed by atoms with Crippen LogP contribution >= 0.6 is 12.4 Å². The van der Waals surface area contributed by atoms with Crippen molar-refractivity contribution in [2.75, 3.05) is 19.7 Å². The highest BCUT2D eigenvalue weighted by molar-refractivity contribution is 5.85. The first kappa shape index (κ1) is 22.6. The fraction of sp³-hybridized carbons (Fsp3) is 0.600. The summed E-state index contributed by atoms with van der Waals surface area (Å²) in [4.78, 5) is 14.7. The van der Waals surface area contributed by atoms with Gasteiger partial charge in [-0.1, -0.05) is 30.3 Å². The normalized spacial score (nSPS) is 25.6. The van der Waals surface area contributed by atoms with E-state index in [0.717, 1.165) is 19.5 Å². The fourth-order valence-corrected chi connectivity index (χ4v) is 4.16. The zero-order valence-corrected chi connectivity index (χ0v) is 16.5. The van der Waals surface area contributed by atoms with Crippen LogP contribution in [0.4, 0.5) is 8.78 Å². The lowest BCUT2D eigenvalue weighted by molar-refractivity contribution is -0.175. The number of alkyl halides is 2. The number of ether oxygens (including phenoxy) is 1. The van der Waals surface area contributed by atoms with E-state index in [1.807, 2.05) is 4.90 Å². The van der Waals surface area contributed by atoms with E-state index in [9.17, 15) is 18.7 Å². The van der Waals surface area contributed by atoms with Gasteiger partial charge in [-0.3, -0.25) is 5.41 Å². The molecule has 3 rings (SSSR count). The summed E-state index contributed by atoms with van der Waals surface area (Å²) in [5.41, 5.74) is -1.76. The summed E-state index contributed by atoms with van der Waals surface area (Å²) in [5, 5.41) is 18.5. The standard InChI is InChI=1S/C20H26F2N2O3.ClH/c21-19(22)9-6-17(12-19)20(26,16-4-2-1-3-5-16)18(25)27-11-8-15-7-10-24(13-15)14-23;/h1-5,14-15,17,23,26H,6-13H2;1H/t15-,17+,20-;/m0./s1. The van der Waals surface area contributed by atoms with Crippen molar-refractivity contribution in [2.24, 2.45) is 11.8 Å². The largest absolute Gasteiger partial charge is 0.463 e. The predicted octanol–water partition coefficient (Wildman–Crippen LogP) is 3.59. The number of rotatable bonds is 7. The topological polar surface area (TPSA) is 73.6 Å². The van der Waals surface area contributed by atoms with Crippen LogP contribution in [0.1, 0.15) is 37.7 Å². The summed E-state index contributed by atoms with van der Waals surface area (Å²) in [6.07, 6.45) is 2.07. The number of hydrogen-bond donors (Lipinski definition) is 2. The molecule has 0 bridgehead atoms. The Balaban J connectivity index is 0.00000280. The second kappa shape index (κ2) is 9.18. The Morgan fingerprint density at radius 2 is 2.07 bits per heavy atom. The van der Waals surface area contributed by atoms with Crippen molar-refractivity contribution in [3.63, 3.8) is 0 Å². The van der Waals surface area contributed by atoms with Crippen LogP contribution in [0.25, 0.3) is 0 Å². The Hall–Kier alpha value is -1.73. The Labute approximate surface area is 170 Å². The second-order valence-electron chi connectivity index (χ2n) is 7.63. The molecular formula is C20H27ClF2N2O3. The maximum absolute atomic E-state index is 13.7. The molecule has 0 aromatic heterocycles. The van der Waals surface area contributed by atoms with E-state index in [-0.39, 0.29) is 31.9 Å². The molecule has 8 heteroatoms. The number of nitrogens with one attached hydrogen (secondary N) is 1. The van der Waals surface area contributed by atoms with Crippen molar-refractivity contribution in [3.8, 4) is 0 Å². The van der Waals surface area contributed by atoms with Crippen LogP contribution < -0.4 is 0 Å². The fourth-order valence-electron chi connectivity index (χ4n) is 4.16. The first-order chi connectivity index (χ1) is 12.8. The Kier molecular flexibility index (Phi) is 7.39. The third-order valence-electron chi connectivity index (χ3n) is 5.78. The van der Waals surface area contributed by atoms with Gasteiger partial charge in [0.2, 0.25) is 5.92 Å². The number of carbonyl (C=O) groups excluding carboxylic acids is 1. The van der Waals surface area contributed by atoms with Gasteiger partial charge >= 0.3 is 5.97 Å². The van der Waals surface area contributed by atoms with Gasteiger partial charge in [-0.15, -0.1) is 12.4 Å². The molecule has 1 aromatic carbocycles. The Morgan fingerprint density at radius 3 is 2.64 bits per heavy atom. The van der Waals surface area contributed by atoms with Crippen LogP contribution in [-0.2, 0) is 15.1 Å². The number of nitrogens with zero attached hydrogens (tertiary/aromatic N) is 1. The molecule has 1 heterocycles. The van der Waals surface area contributed by atoms with Crippen molar-refractivity contribution in [1.82, 2.24) is 4.90 Å². The summed E-state index contributed by atoms with van der Waals surface area (Å²) in [6, 6.07) is 8.25. The number of halogens is 3. The van der Waals surface area contributed by atoms with Gasteiger partial charge in [0, 0.05) is 31.8 Å². The Bertz CT molecular complexity index is 677. The summed E-state index contributed by atoms with van der Waals surface area (Å²) in [7, 11) is 0. The maximum Gasteiger partial charge on any atom is 0.343 e. The molecule has 1 aromatic rings. The van der Waals surface area contributed by atoms with Crippen LogP contribution in [0.2, 0.25) is 0 Å². The summed E-state index contributed by atoms with van der Waals surface area (Å²) < 4.78 is 32.9. The lowest BCUT2D eigenvalue weighted by atomic mass is 9.80. The lowest BCUT2D eigenvalue weighted by Crippen LogP contribution is -2.44. The molecule has 1 saturated heterocycles. The molecule has 2 aliphatic rings. The van der Waals surface area contributed by atoms with E-state index in [0.29, 0.717) is 17.9 Å². The van der Waals surface area contributed by atoms with Crippen LogP contribution in [0.15, 0.2) is 30.3 Å². The molecule has 1 saturated carbocycles. The minimum atomic E-state index is -2.87. The minimum Gasteiger partial charge on any atom is -0.463 e. The highest BCUT2D eigenvalue weighted by Gasteiger charge is 2.54. The molecule has 3 atom stereocenters. The number of likely N-dealkylation sites (tertiary alicyclic amines) is 1. The van der Waals surface area contributed by atoms with Gasteiger partial charge in [-0.05, 0) is 30.7 Å². The molecule has 2 fully saturated rings. The van der Waals surface area contributed by atoms with E-state index in [1.165, 1.54) is 6.34 Å². The maximum atomic E-state index is 13.7. The van der Waals surface area contributed by atoms with Crippen molar-refractivity contribution < 1.29 is 23.4 Å². The molecule has 5 nitrogen and oxygen atoms in total. The first-order valence-electron chi connectivity index (χ1n) is 9.43. The average Bonchev–Trinajstić information content (AvgIpc) is 3.27. The van der Waals surface area contributed by atoms with E-state index >= 15 is 0 Å². The van der Waals surface area contributed by atoms with Crippen molar-refractivity contribution in [2.45, 2.75) is 43.6 Å². The third kappa shape index (κ3) is 4.81. The molecular weight excluding hydrogens is 390 g/mol. The third-order valence-corrected chi connectivity index (χ3v) is 5.78. The van der Waals surface area contributed by atoms with E-state index in [1.54, 1.807) is 30.3 Å². The van der Waals surface area contributed by atoms with Gasteiger partial charge < -0.3 is 14.7 Å². The molecule has 1 aliphatic carbocycles. The van der Waals surface area contributed by atoms with Crippen LogP contribution in [-0.4, -0.2) is 47.9 Å². The molecule has 0 unspecified atom stereocenters. The molecule has 1 aliphatic heterocycles. The van der Waals surface area contributed by atoms with Crippen molar-refractivity contribution in [1.29, 1.82) is 5.41 Å². The zero-order chi connectivity index (χ0) is 19.5.